The molecule has 1 aromatic rings. The maximum absolute atomic E-state index is 12.7. The van der Waals surface area contributed by atoms with E-state index in [2.05, 4.69) is 16.3 Å². The molecule has 3 aliphatic rings. The summed E-state index contributed by atoms with van der Waals surface area (Å²) in [6.07, 6.45) is 3.07. The van der Waals surface area contributed by atoms with Crippen LogP contribution in [0.1, 0.15) is 24.1 Å². The van der Waals surface area contributed by atoms with Crippen molar-refractivity contribution in [1.82, 2.24) is 9.80 Å². The molecular weight excluding hydrogens is 332 g/mol. The predicted octanol–water partition coefficient (Wildman–Crippen LogP) is 1.36. The van der Waals surface area contributed by atoms with Crippen molar-refractivity contribution in [2.24, 2.45) is 5.92 Å². The van der Waals surface area contributed by atoms with Gasteiger partial charge in [0.1, 0.15) is 0 Å². The minimum Gasteiger partial charge on any atom is -0.336 e. The lowest BCUT2D eigenvalue weighted by Gasteiger charge is -2.45. The molecule has 3 heterocycles. The van der Waals surface area contributed by atoms with Crippen molar-refractivity contribution >= 4 is 27.1 Å². The molecule has 126 valence electrons. The van der Waals surface area contributed by atoms with Crippen LogP contribution in [-0.2, 0) is 21.2 Å². The van der Waals surface area contributed by atoms with Gasteiger partial charge in [-0.2, -0.15) is 0 Å². The van der Waals surface area contributed by atoms with E-state index in [0.29, 0.717) is 6.54 Å². The number of nitrogens with zero attached hydrogens (tertiary/aromatic N) is 2. The molecule has 0 aromatic carbocycles. The van der Waals surface area contributed by atoms with Gasteiger partial charge in [0, 0.05) is 36.5 Å². The second-order valence-corrected chi connectivity index (χ2v) is 10.1. The molecule has 4 rings (SSSR count). The summed E-state index contributed by atoms with van der Waals surface area (Å²) in [5.41, 5.74) is 0. The van der Waals surface area contributed by atoms with Crippen LogP contribution in [0, 0.1) is 5.92 Å². The molecule has 2 aliphatic heterocycles. The number of amides is 1. The van der Waals surface area contributed by atoms with Crippen molar-refractivity contribution in [1.29, 1.82) is 0 Å². The highest BCUT2D eigenvalue weighted by Crippen LogP contribution is 2.34. The highest BCUT2D eigenvalue weighted by atomic mass is 32.2. The number of hydrogen-bond donors (Lipinski definition) is 0. The van der Waals surface area contributed by atoms with Gasteiger partial charge in [-0.1, -0.05) is 12.5 Å². The molecule has 1 aliphatic carbocycles. The normalized spacial score (nSPS) is 30.9. The molecule has 3 fully saturated rings. The first-order valence-electron chi connectivity index (χ1n) is 8.31. The molecule has 23 heavy (non-hydrogen) atoms. The molecule has 0 radical (unpaired) electrons. The van der Waals surface area contributed by atoms with Gasteiger partial charge in [-0.3, -0.25) is 9.69 Å². The standard InChI is InChI=1S/C16H22N2O3S2/c19-16(12-3-1-4-12)18-7-6-17(9-13-5-2-8-22-13)14-10-23(20,21)11-15(14)18/h2,5,8,12,14-15H,1,3-4,6-7,9-11H2/t14-,15+/m0/s1. The minimum absolute atomic E-state index is 0.0418. The molecule has 2 saturated heterocycles. The summed E-state index contributed by atoms with van der Waals surface area (Å²) in [7, 11) is -3.05. The molecule has 1 saturated carbocycles. The first-order chi connectivity index (χ1) is 11.0. The van der Waals surface area contributed by atoms with Crippen LogP contribution < -0.4 is 0 Å². The lowest BCUT2D eigenvalue weighted by atomic mass is 9.83. The molecule has 0 spiro atoms. The van der Waals surface area contributed by atoms with E-state index in [9.17, 15) is 13.2 Å². The Hall–Kier alpha value is -0.920. The van der Waals surface area contributed by atoms with Crippen LogP contribution in [0.2, 0.25) is 0 Å². The Morgan fingerprint density at radius 1 is 1.22 bits per heavy atom. The number of piperazine rings is 1. The fourth-order valence-corrected chi connectivity index (χ4v) is 6.73. The van der Waals surface area contributed by atoms with Gasteiger partial charge in [-0.15, -0.1) is 11.3 Å². The number of sulfone groups is 1. The average molecular weight is 354 g/mol. The summed E-state index contributed by atoms with van der Waals surface area (Å²) in [6.45, 7) is 2.23. The third-order valence-electron chi connectivity index (χ3n) is 5.47. The Bertz CT molecular complexity index is 682. The third-order valence-corrected chi connectivity index (χ3v) is 8.03. The van der Waals surface area contributed by atoms with E-state index < -0.39 is 9.84 Å². The van der Waals surface area contributed by atoms with Crippen LogP contribution in [0.15, 0.2) is 17.5 Å². The third kappa shape index (κ3) is 2.94. The summed E-state index contributed by atoms with van der Waals surface area (Å²) in [6, 6.07) is 3.93. The van der Waals surface area contributed by atoms with Gasteiger partial charge in [-0.05, 0) is 24.3 Å². The SMILES string of the molecule is O=C(C1CCC1)N1CCN(Cc2cccs2)[C@H]2CS(=O)(=O)C[C@H]21. The molecule has 7 heteroatoms. The van der Waals surface area contributed by atoms with E-state index in [1.807, 2.05) is 11.0 Å². The van der Waals surface area contributed by atoms with Crippen molar-refractivity contribution in [2.45, 2.75) is 37.9 Å². The highest BCUT2D eigenvalue weighted by molar-refractivity contribution is 7.91. The monoisotopic (exact) mass is 354 g/mol. The lowest BCUT2D eigenvalue weighted by Crippen LogP contribution is -2.61. The van der Waals surface area contributed by atoms with Gasteiger partial charge in [0.2, 0.25) is 5.91 Å². The quantitative estimate of drug-likeness (QED) is 0.822. The fourth-order valence-electron chi connectivity index (χ4n) is 3.99. The van der Waals surface area contributed by atoms with Crippen LogP contribution in [-0.4, -0.2) is 60.8 Å². The van der Waals surface area contributed by atoms with Gasteiger partial charge in [0.15, 0.2) is 9.84 Å². The van der Waals surface area contributed by atoms with E-state index >= 15 is 0 Å². The number of rotatable bonds is 3. The zero-order chi connectivity index (χ0) is 16.0. The van der Waals surface area contributed by atoms with E-state index in [0.717, 1.165) is 32.4 Å². The number of hydrogen-bond acceptors (Lipinski definition) is 5. The van der Waals surface area contributed by atoms with Crippen molar-refractivity contribution in [3.8, 4) is 0 Å². The summed E-state index contributed by atoms with van der Waals surface area (Å²) in [5.74, 6) is 0.663. The van der Waals surface area contributed by atoms with Gasteiger partial charge in [0.05, 0.1) is 17.5 Å². The maximum atomic E-state index is 12.7. The molecule has 0 N–H and O–H groups in total. The number of carbonyl (C=O) groups is 1. The highest BCUT2D eigenvalue weighted by Gasteiger charge is 2.49. The van der Waals surface area contributed by atoms with Crippen molar-refractivity contribution in [3.05, 3.63) is 22.4 Å². The van der Waals surface area contributed by atoms with E-state index in [-0.39, 0.29) is 35.4 Å². The van der Waals surface area contributed by atoms with Gasteiger partial charge in [0.25, 0.3) is 0 Å². The summed E-state index contributed by atoms with van der Waals surface area (Å²) in [5, 5.41) is 2.05. The largest absolute Gasteiger partial charge is 0.336 e. The summed E-state index contributed by atoms with van der Waals surface area (Å²) in [4.78, 5) is 18.1. The molecule has 1 amide bonds. The second-order valence-electron chi connectivity index (χ2n) is 6.92. The zero-order valence-electron chi connectivity index (χ0n) is 13.1. The minimum atomic E-state index is -3.05. The number of carbonyl (C=O) groups excluding carboxylic acids is 1. The molecule has 0 bridgehead atoms. The fraction of sp³-hybridized carbons (Fsp3) is 0.688. The number of fused-ring (bicyclic) bond motifs is 1. The first-order valence-corrected chi connectivity index (χ1v) is 11.0. The van der Waals surface area contributed by atoms with Crippen molar-refractivity contribution < 1.29 is 13.2 Å². The van der Waals surface area contributed by atoms with E-state index in [1.54, 1.807) is 11.3 Å². The number of thiophene rings is 1. The van der Waals surface area contributed by atoms with Crippen LogP contribution in [0.4, 0.5) is 0 Å². The Balaban J connectivity index is 1.55. The Morgan fingerprint density at radius 3 is 2.65 bits per heavy atom. The van der Waals surface area contributed by atoms with E-state index in [4.69, 9.17) is 0 Å². The lowest BCUT2D eigenvalue weighted by molar-refractivity contribution is -0.144. The van der Waals surface area contributed by atoms with Crippen LogP contribution in [0.3, 0.4) is 0 Å². The zero-order valence-corrected chi connectivity index (χ0v) is 14.7. The van der Waals surface area contributed by atoms with E-state index in [1.165, 1.54) is 4.88 Å². The van der Waals surface area contributed by atoms with Gasteiger partial charge in [-0.25, -0.2) is 8.42 Å². The maximum Gasteiger partial charge on any atom is 0.226 e. The Labute approximate surface area is 141 Å². The van der Waals surface area contributed by atoms with Gasteiger partial charge < -0.3 is 4.90 Å². The van der Waals surface area contributed by atoms with Crippen LogP contribution >= 0.6 is 11.3 Å². The molecule has 2 atom stereocenters. The van der Waals surface area contributed by atoms with Crippen LogP contribution in [0.25, 0.3) is 0 Å². The smallest absolute Gasteiger partial charge is 0.226 e. The molecular formula is C16H22N2O3S2. The first kappa shape index (κ1) is 15.6. The second kappa shape index (κ2) is 5.86. The average Bonchev–Trinajstić information content (AvgIpc) is 3.03. The summed E-state index contributed by atoms with van der Waals surface area (Å²) >= 11 is 1.70. The Morgan fingerprint density at radius 2 is 2.00 bits per heavy atom. The molecule has 0 unspecified atom stereocenters. The summed E-state index contributed by atoms with van der Waals surface area (Å²) < 4.78 is 24.4. The predicted molar refractivity (Wildman–Crippen MR) is 90.0 cm³/mol. The molecule has 5 nitrogen and oxygen atoms in total. The van der Waals surface area contributed by atoms with Gasteiger partial charge >= 0.3 is 0 Å². The van der Waals surface area contributed by atoms with Crippen molar-refractivity contribution in [2.75, 3.05) is 24.6 Å². The Kier molecular flexibility index (Phi) is 3.98. The topological polar surface area (TPSA) is 57.7 Å². The molecule has 1 aromatic heterocycles. The van der Waals surface area contributed by atoms with Crippen LogP contribution in [0.5, 0.6) is 0 Å². The van der Waals surface area contributed by atoms with Crippen molar-refractivity contribution in [3.63, 3.8) is 0 Å².